The van der Waals surface area contributed by atoms with Crippen LogP contribution in [0.2, 0.25) is 0 Å². The molecule has 0 aliphatic carbocycles. The Morgan fingerprint density at radius 3 is 1.87 bits per heavy atom. The number of benzene rings is 2. The van der Waals surface area contributed by atoms with Crippen molar-refractivity contribution in [3.63, 3.8) is 0 Å². The second-order valence-corrected chi connectivity index (χ2v) is 7.85. The monoisotopic (exact) mass is 504 g/mol. The number of hydrogen-bond acceptors (Lipinski definition) is 3. The van der Waals surface area contributed by atoms with E-state index in [0.29, 0.717) is 16.0 Å². The molecule has 2 aromatic rings. The Hall–Kier alpha value is -0.850. The highest BCUT2D eigenvalue weighted by Gasteiger charge is 2.14. The van der Waals surface area contributed by atoms with Gasteiger partial charge in [-0.2, -0.15) is 0 Å². The Morgan fingerprint density at radius 2 is 1.35 bits per heavy atom. The predicted octanol–water partition coefficient (Wildman–Crippen LogP) is 5.88. The lowest BCUT2D eigenvalue weighted by atomic mass is 10.1. The van der Waals surface area contributed by atoms with Crippen LogP contribution >= 0.6 is 47.8 Å². The molecule has 0 bridgehead atoms. The standard InChI is InChI=1S/C17H15Br3O3/c1-9-4-12(18)5-10(2)16(9)22-8-15(21)23-17-11(3)6-13(19)7-14(17)20/h4-7H,8H2,1-3H3. The van der Waals surface area contributed by atoms with Crippen LogP contribution in [0.25, 0.3) is 0 Å². The van der Waals surface area contributed by atoms with Crippen molar-refractivity contribution in [2.45, 2.75) is 20.8 Å². The second kappa shape index (κ2) is 7.81. The van der Waals surface area contributed by atoms with Crippen molar-refractivity contribution in [1.82, 2.24) is 0 Å². The second-order valence-electron chi connectivity index (χ2n) is 5.17. The molecule has 0 fully saturated rings. The zero-order chi connectivity index (χ0) is 17.1. The van der Waals surface area contributed by atoms with Crippen LogP contribution in [0, 0.1) is 20.8 Å². The van der Waals surface area contributed by atoms with E-state index in [1.807, 2.05) is 45.0 Å². The third-order valence-electron chi connectivity index (χ3n) is 3.17. The van der Waals surface area contributed by atoms with Crippen LogP contribution in [-0.4, -0.2) is 12.6 Å². The quantitative estimate of drug-likeness (QED) is 0.383. The number of rotatable bonds is 4. The van der Waals surface area contributed by atoms with E-state index >= 15 is 0 Å². The molecular formula is C17H15Br3O3. The number of hydrogen-bond donors (Lipinski definition) is 0. The van der Waals surface area contributed by atoms with E-state index in [1.54, 1.807) is 0 Å². The number of esters is 1. The average molecular weight is 507 g/mol. The van der Waals surface area contributed by atoms with Crippen molar-refractivity contribution in [2.24, 2.45) is 0 Å². The summed E-state index contributed by atoms with van der Waals surface area (Å²) >= 11 is 10.2. The largest absolute Gasteiger partial charge is 0.481 e. The molecule has 23 heavy (non-hydrogen) atoms. The number of carbonyl (C=O) groups excluding carboxylic acids is 1. The van der Waals surface area contributed by atoms with E-state index in [1.165, 1.54) is 0 Å². The maximum atomic E-state index is 12.1. The summed E-state index contributed by atoms with van der Waals surface area (Å²) in [7, 11) is 0. The highest BCUT2D eigenvalue weighted by atomic mass is 79.9. The van der Waals surface area contributed by atoms with Gasteiger partial charge in [0.15, 0.2) is 6.61 Å². The Bertz CT molecular complexity index is 711. The lowest BCUT2D eigenvalue weighted by Gasteiger charge is -2.13. The van der Waals surface area contributed by atoms with E-state index in [-0.39, 0.29) is 6.61 Å². The van der Waals surface area contributed by atoms with Gasteiger partial charge in [-0.05, 0) is 77.7 Å². The molecule has 0 heterocycles. The van der Waals surface area contributed by atoms with Crippen LogP contribution in [0.5, 0.6) is 11.5 Å². The maximum Gasteiger partial charge on any atom is 0.349 e. The minimum Gasteiger partial charge on any atom is -0.481 e. The van der Waals surface area contributed by atoms with Crippen molar-refractivity contribution in [1.29, 1.82) is 0 Å². The van der Waals surface area contributed by atoms with Crippen LogP contribution < -0.4 is 9.47 Å². The van der Waals surface area contributed by atoms with Crippen LogP contribution in [0.15, 0.2) is 37.7 Å². The van der Waals surface area contributed by atoms with Crippen molar-refractivity contribution < 1.29 is 14.3 Å². The molecule has 3 nitrogen and oxygen atoms in total. The first-order chi connectivity index (χ1) is 10.8. The topological polar surface area (TPSA) is 35.5 Å². The smallest absolute Gasteiger partial charge is 0.349 e. The third-order valence-corrected chi connectivity index (χ3v) is 4.67. The van der Waals surface area contributed by atoms with Gasteiger partial charge in [-0.1, -0.05) is 31.9 Å². The molecule has 2 aromatic carbocycles. The van der Waals surface area contributed by atoms with Gasteiger partial charge in [-0.25, -0.2) is 4.79 Å². The Morgan fingerprint density at radius 1 is 0.870 bits per heavy atom. The maximum absolute atomic E-state index is 12.1. The molecule has 0 aliphatic rings. The fraction of sp³-hybridized carbons (Fsp3) is 0.235. The Labute approximate surface area is 160 Å². The van der Waals surface area contributed by atoms with Crippen LogP contribution in [0.1, 0.15) is 16.7 Å². The average Bonchev–Trinajstić information content (AvgIpc) is 2.41. The zero-order valence-corrected chi connectivity index (χ0v) is 17.6. The SMILES string of the molecule is Cc1cc(Br)cc(C)c1OCC(=O)Oc1c(C)cc(Br)cc1Br. The van der Waals surface area contributed by atoms with E-state index in [9.17, 15) is 4.79 Å². The molecule has 0 amide bonds. The summed E-state index contributed by atoms with van der Waals surface area (Å²) in [5, 5.41) is 0. The fourth-order valence-electron chi connectivity index (χ4n) is 2.22. The first-order valence-electron chi connectivity index (χ1n) is 6.84. The lowest BCUT2D eigenvalue weighted by Crippen LogP contribution is -2.19. The molecule has 0 spiro atoms. The first-order valence-corrected chi connectivity index (χ1v) is 9.21. The third kappa shape index (κ3) is 4.81. The van der Waals surface area contributed by atoms with E-state index in [0.717, 1.165) is 25.6 Å². The van der Waals surface area contributed by atoms with Crippen LogP contribution in [0.3, 0.4) is 0 Å². The Balaban J connectivity index is 2.07. The molecule has 0 N–H and O–H groups in total. The van der Waals surface area contributed by atoms with Gasteiger partial charge in [0.1, 0.15) is 11.5 Å². The van der Waals surface area contributed by atoms with Crippen molar-refractivity contribution in [3.05, 3.63) is 54.4 Å². The highest BCUT2D eigenvalue weighted by molar-refractivity contribution is 9.11. The minimum absolute atomic E-state index is 0.148. The molecule has 6 heteroatoms. The van der Waals surface area contributed by atoms with Crippen LogP contribution in [-0.2, 0) is 4.79 Å². The summed E-state index contributed by atoms with van der Waals surface area (Å²) in [5.41, 5.74) is 2.78. The van der Waals surface area contributed by atoms with E-state index < -0.39 is 5.97 Å². The predicted molar refractivity (Wildman–Crippen MR) is 101 cm³/mol. The highest BCUT2D eigenvalue weighted by Crippen LogP contribution is 2.32. The minimum atomic E-state index is -0.446. The van der Waals surface area contributed by atoms with Gasteiger partial charge in [0.25, 0.3) is 0 Å². The lowest BCUT2D eigenvalue weighted by molar-refractivity contribution is -0.136. The van der Waals surface area contributed by atoms with Gasteiger partial charge in [0.2, 0.25) is 0 Å². The molecule has 2 rings (SSSR count). The summed E-state index contributed by atoms with van der Waals surface area (Å²) in [6.07, 6.45) is 0. The Kier molecular flexibility index (Phi) is 6.28. The molecular weight excluding hydrogens is 492 g/mol. The number of aryl methyl sites for hydroxylation is 3. The molecule has 0 aromatic heterocycles. The van der Waals surface area contributed by atoms with E-state index in [2.05, 4.69) is 47.8 Å². The number of carbonyl (C=O) groups is 1. The van der Waals surface area contributed by atoms with E-state index in [4.69, 9.17) is 9.47 Å². The van der Waals surface area contributed by atoms with Crippen molar-refractivity contribution in [2.75, 3.05) is 6.61 Å². The van der Waals surface area contributed by atoms with Gasteiger partial charge >= 0.3 is 5.97 Å². The molecule has 0 saturated carbocycles. The normalized spacial score (nSPS) is 10.5. The molecule has 0 radical (unpaired) electrons. The van der Waals surface area contributed by atoms with Gasteiger partial charge < -0.3 is 9.47 Å². The molecule has 0 aliphatic heterocycles. The summed E-state index contributed by atoms with van der Waals surface area (Å²) in [6, 6.07) is 7.61. The zero-order valence-electron chi connectivity index (χ0n) is 12.9. The number of halogens is 3. The van der Waals surface area contributed by atoms with Crippen molar-refractivity contribution >= 4 is 53.8 Å². The van der Waals surface area contributed by atoms with Gasteiger partial charge in [0.05, 0.1) is 4.47 Å². The molecule has 0 saturated heterocycles. The molecule has 0 unspecified atom stereocenters. The number of ether oxygens (including phenoxy) is 2. The van der Waals surface area contributed by atoms with Gasteiger partial charge in [0, 0.05) is 8.95 Å². The fourth-order valence-corrected chi connectivity index (χ4v) is 4.42. The summed E-state index contributed by atoms with van der Waals surface area (Å²) < 4.78 is 13.7. The summed E-state index contributed by atoms with van der Waals surface area (Å²) in [4.78, 5) is 12.1. The summed E-state index contributed by atoms with van der Waals surface area (Å²) in [6.45, 7) is 5.61. The van der Waals surface area contributed by atoms with Gasteiger partial charge in [-0.15, -0.1) is 0 Å². The first kappa shape index (κ1) is 18.5. The van der Waals surface area contributed by atoms with Crippen LogP contribution in [0.4, 0.5) is 0 Å². The molecule has 0 atom stereocenters. The summed E-state index contributed by atoms with van der Waals surface area (Å²) in [5.74, 6) is 0.764. The van der Waals surface area contributed by atoms with Gasteiger partial charge in [-0.3, -0.25) is 0 Å². The van der Waals surface area contributed by atoms with Crippen molar-refractivity contribution in [3.8, 4) is 11.5 Å². The molecule has 122 valence electrons.